The standard InChI is InChI=1S/C22H23N3O2/c1-27-13-12-25-20-9-5-2-6-16(20)14-21(25)22(26)23-11-10-17-15-24-19-8-4-3-7-18(17)19/h2-9,14-15,24H,10-13H2,1H3,(H,23,26). The van der Waals surface area contributed by atoms with Crippen LogP contribution in [0.1, 0.15) is 16.1 Å². The molecule has 4 rings (SSSR count). The SMILES string of the molecule is COCCn1c(C(=O)NCCc2c[nH]c3ccccc23)cc2ccccc21. The third-order valence-corrected chi connectivity index (χ3v) is 4.92. The molecule has 2 aromatic carbocycles. The Hall–Kier alpha value is -3.05. The predicted molar refractivity (Wildman–Crippen MR) is 108 cm³/mol. The third kappa shape index (κ3) is 3.46. The number of aromatic amines is 1. The van der Waals surface area contributed by atoms with E-state index in [9.17, 15) is 4.79 Å². The number of para-hydroxylation sites is 2. The molecule has 2 heterocycles. The molecule has 4 aromatic rings. The molecule has 27 heavy (non-hydrogen) atoms. The van der Waals surface area contributed by atoms with Crippen LogP contribution in [0.5, 0.6) is 0 Å². The highest BCUT2D eigenvalue weighted by Gasteiger charge is 2.15. The lowest BCUT2D eigenvalue weighted by molar-refractivity contribution is 0.0942. The van der Waals surface area contributed by atoms with Gasteiger partial charge < -0.3 is 19.6 Å². The second-order valence-corrected chi connectivity index (χ2v) is 6.60. The smallest absolute Gasteiger partial charge is 0.267 e. The maximum Gasteiger partial charge on any atom is 0.267 e. The number of ether oxygens (including phenoxy) is 1. The first-order chi connectivity index (χ1) is 13.3. The Morgan fingerprint density at radius 3 is 2.85 bits per heavy atom. The summed E-state index contributed by atoms with van der Waals surface area (Å²) in [6, 6.07) is 18.2. The van der Waals surface area contributed by atoms with Gasteiger partial charge in [-0.2, -0.15) is 0 Å². The minimum Gasteiger partial charge on any atom is -0.383 e. The van der Waals surface area contributed by atoms with Gasteiger partial charge in [-0.3, -0.25) is 4.79 Å². The Kier molecular flexibility index (Phi) is 4.94. The van der Waals surface area contributed by atoms with Crippen molar-refractivity contribution in [2.75, 3.05) is 20.3 Å². The fourth-order valence-corrected chi connectivity index (χ4v) is 3.56. The van der Waals surface area contributed by atoms with Crippen LogP contribution in [0.15, 0.2) is 60.8 Å². The Labute approximate surface area is 157 Å². The van der Waals surface area contributed by atoms with E-state index in [4.69, 9.17) is 4.74 Å². The van der Waals surface area contributed by atoms with E-state index >= 15 is 0 Å². The van der Waals surface area contributed by atoms with Gasteiger partial charge in [0.2, 0.25) is 0 Å². The molecule has 138 valence electrons. The molecule has 2 N–H and O–H groups in total. The Bertz CT molecular complexity index is 1080. The molecule has 2 aromatic heterocycles. The van der Waals surface area contributed by atoms with Gasteiger partial charge in [-0.05, 0) is 30.2 Å². The zero-order chi connectivity index (χ0) is 18.6. The van der Waals surface area contributed by atoms with Crippen molar-refractivity contribution in [3.05, 3.63) is 72.1 Å². The van der Waals surface area contributed by atoms with Crippen LogP contribution in [0.25, 0.3) is 21.8 Å². The molecular formula is C22H23N3O2. The van der Waals surface area contributed by atoms with Crippen LogP contribution < -0.4 is 5.32 Å². The van der Waals surface area contributed by atoms with Crippen molar-refractivity contribution in [3.8, 4) is 0 Å². The lowest BCUT2D eigenvalue weighted by atomic mass is 10.1. The van der Waals surface area contributed by atoms with Crippen molar-refractivity contribution in [2.24, 2.45) is 0 Å². The summed E-state index contributed by atoms with van der Waals surface area (Å²) in [5, 5.41) is 5.34. The van der Waals surface area contributed by atoms with Crippen molar-refractivity contribution >= 4 is 27.7 Å². The van der Waals surface area contributed by atoms with E-state index in [1.807, 2.05) is 53.2 Å². The number of nitrogens with zero attached hydrogens (tertiary/aromatic N) is 1. The average Bonchev–Trinajstić information content (AvgIpc) is 3.28. The van der Waals surface area contributed by atoms with Gasteiger partial charge in [0.05, 0.1) is 6.61 Å². The highest BCUT2D eigenvalue weighted by Crippen LogP contribution is 2.20. The number of methoxy groups -OCH3 is 1. The molecule has 0 fully saturated rings. The van der Waals surface area contributed by atoms with Gasteiger partial charge in [-0.1, -0.05) is 36.4 Å². The number of carbonyl (C=O) groups excluding carboxylic acids is 1. The van der Waals surface area contributed by atoms with Crippen molar-refractivity contribution in [1.82, 2.24) is 14.9 Å². The van der Waals surface area contributed by atoms with E-state index < -0.39 is 0 Å². The van der Waals surface area contributed by atoms with Crippen LogP contribution in [0.2, 0.25) is 0 Å². The zero-order valence-corrected chi connectivity index (χ0v) is 15.4. The number of hydrogen-bond acceptors (Lipinski definition) is 2. The van der Waals surface area contributed by atoms with E-state index in [1.54, 1.807) is 7.11 Å². The van der Waals surface area contributed by atoms with Gasteiger partial charge in [0.15, 0.2) is 0 Å². The summed E-state index contributed by atoms with van der Waals surface area (Å²) in [6.45, 7) is 1.80. The molecule has 0 spiro atoms. The molecule has 0 aliphatic heterocycles. The number of rotatable bonds is 7. The van der Waals surface area contributed by atoms with Gasteiger partial charge >= 0.3 is 0 Å². The second-order valence-electron chi connectivity index (χ2n) is 6.60. The summed E-state index contributed by atoms with van der Waals surface area (Å²) in [7, 11) is 1.67. The number of aromatic nitrogens is 2. The van der Waals surface area contributed by atoms with E-state index in [2.05, 4.69) is 22.4 Å². The molecule has 0 saturated heterocycles. The normalized spacial score (nSPS) is 11.3. The molecule has 1 amide bonds. The molecular weight excluding hydrogens is 338 g/mol. The largest absolute Gasteiger partial charge is 0.383 e. The van der Waals surface area contributed by atoms with Crippen molar-refractivity contribution in [3.63, 3.8) is 0 Å². The minimum atomic E-state index is -0.0536. The van der Waals surface area contributed by atoms with Crippen molar-refractivity contribution < 1.29 is 9.53 Å². The topological polar surface area (TPSA) is 59.0 Å². The van der Waals surface area contributed by atoms with Gasteiger partial charge in [0.25, 0.3) is 5.91 Å². The highest BCUT2D eigenvalue weighted by molar-refractivity contribution is 5.98. The molecule has 0 aliphatic carbocycles. The third-order valence-electron chi connectivity index (χ3n) is 4.92. The first kappa shape index (κ1) is 17.4. The lowest BCUT2D eigenvalue weighted by Crippen LogP contribution is -2.28. The summed E-state index contributed by atoms with van der Waals surface area (Å²) in [6.07, 6.45) is 2.81. The number of nitrogens with one attached hydrogen (secondary N) is 2. The van der Waals surface area contributed by atoms with Gasteiger partial charge in [0, 0.05) is 48.2 Å². The molecule has 0 radical (unpaired) electrons. The summed E-state index contributed by atoms with van der Waals surface area (Å²) >= 11 is 0. The molecule has 0 aliphatic rings. The lowest BCUT2D eigenvalue weighted by Gasteiger charge is -2.10. The van der Waals surface area contributed by atoms with Gasteiger partial charge in [-0.15, -0.1) is 0 Å². The fourth-order valence-electron chi connectivity index (χ4n) is 3.56. The second kappa shape index (κ2) is 7.68. The van der Waals surface area contributed by atoms with Crippen LogP contribution in [0, 0.1) is 0 Å². The first-order valence-electron chi connectivity index (χ1n) is 9.18. The van der Waals surface area contributed by atoms with Crippen LogP contribution in [0.3, 0.4) is 0 Å². The quantitative estimate of drug-likeness (QED) is 0.527. The average molecular weight is 361 g/mol. The number of carbonyl (C=O) groups is 1. The molecule has 0 unspecified atom stereocenters. The van der Waals surface area contributed by atoms with Crippen LogP contribution in [-0.4, -0.2) is 35.7 Å². The number of benzene rings is 2. The first-order valence-corrected chi connectivity index (χ1v) is 9.18. The Morgan fingerprint density at radius 1 is 1.15 bits per heavy atom. The molecule has 0 bridgehead atoms. The summed E-state index contributed by atoms with van der Waals surface area (Å²) < 4.78 is 7.24. The van der Waals surface area contributed by atoms with Gasteiger partial charge in [0.1, 0.15) is 5.69 Å². The van der Waals surface area contributed by atoms with Gasteiger partial charge in [-0.25, -0.2) is 0 Å². The van der Waals surface area contributed by atoms with Crippen LogP contribution >= 0.6 is 0 Å². The van der Waals surface area contributed by atoms with Crippen LogP contribution in [0.4, 0.5) is 0 Å². The number of fused-ring (bicyclic) bond motifs is 2. The number of amides is 1. The molecule has 0 atom stereocenters. The Morgan fingerprint density at radius 2 is 1.96 bits per heavy atom. The molecule has 0 saturated carbocycles. The number of H-pyrrole nitrogens is 1. The van der Waals surface area contributed by atoms with E-state index in [1.165, 1.54) is 10.9 Å². The molecule has 5 nitrogen and oxygen atoms in total. The zero-order valence-electron chi connectivity index (χ0n) is 15.4. The maximum absolute atomic E-state index is 12.8. The summed E-state index contributed by atoms with van der Waals surface area (Å²) in [5.74, 6) is -0.0536. The monoisotopic (exact) mass is 361 g/mol. The highest BCUT2D eigenvalue weighted by atomic mass is 16.5. The number of hydrogen-bond donors (Lipinski definition) is 2. The predicted octanol–water partition coefficient (Wildman–Crippen LogP) is 3.74. The summed E-state index contributed by atoms with van der Waals surface area (Å²) in [4.78, 5) is 16.1. The maximum atomic E-state index is 12.8. The molecule has 5 heteroatoms. The van der Waals surface area contributed by atoms with E-state index in [0.717, 1.165) is 22.8 Å². The van der Waals surface area contributed by atoms with Crippen molar-refractivity contribution in [2.45, 2.75) is 13.0 Å². The Balaban J connectivity index is 1.49. The van der Waals surface area contributed by atoms with E-state index in [0.29, 0.717) is 25.4 Å². The fraction of sp³-hybridized carbons (Fsp3) is 0.227. The van der Waals surface area contributed by atoms with Crippen molar-refractivity contribution in [1.29, 1.82) is 0 Å². The van der Waals surface area contributed by atoms with E-state index in [-0.39, 0.29) is 5.91 Å². The van der Waals surface area contributed by atoms with Crippen LogP contribution in [-0.2, 0) is 17.7 Å². The summed E-state index contributed by atoms with van der Waals surface area (Å²) in [5.41, 5.74) is 4.06. The minimum absolute atomic E-state index is 0.0536.